The number of para-hydroxylation sites is 3. The SMILES string of the molecule is O=C(Nc1ccccc1C(=O)N1CCCC1)c1nc2ccccc2nc1N1CCCC1. The van der Waals surface area contributed by atoms with E-state index in [1.807, 2.05) is 41.3 Å². The Kier molecular flexibility index (Phi) is 5.24. The van der Waals surface area contributed by atoms with Crippen molar-refractivity contribution in [3.05, 3.63) is 59.8 Å². The molecule has 1 aromatic heterocycles. The van der Waals surface area contributed by atoms with Gasteiger partial charge in [-0.2, -0.15) is 0 Å². The maximum atomic E-state index is 13.4. The Bertz CT molecular complexity index is 1130. The van der Waals surface area contributed by atoms with Gasteiger partial charge in [-0.3, -0.25) is 9.59 Å². The number of likely N-dealkylation sites (tertiary alicyclic amines) is 1. The Morgan fingerprint density at radius 3 is 2.13 bits per heavy atom. The van der Waals surface area contributed by atoms with Gasteiger partial charge < -0.3 is 15.1 Å². The Morgan fingerprint density at radius 1 is 0.774 bits per heavy atom. The zero-order chi connectivity index (χ0) is 21.2. The highest BCUT2D eigenvalue weighted by atomic mass is 16.2. The third-order valence-electron chi connectivity index (χ3n) is 5.97. The lowest BCUT2D eigenvalue weighted by Gasteiger charge is -2.21. The largest absolute Gasteiger partial charge is 0.355 e. The van der Waals surface area contributed by atoms with Crippen LogP contribution in [0.15, 0.2) is 48.5 Å². The van der Waals surface area contributed by atoms with Crippen molar-refractivity contribution in [2.24, 2.45) is 0 Å². The predicted octanol–water partition coefficient (Wildman–Crippen LogP) is 3.72. The maximum absolute atomic E-state index is 13.4. The lowest BCUT2D eigenvalue weighted by Crippen LogP contribution is -2.29. The third kappa shape index (κ3) is 3.83. The number of rotatable bonds is 4. The molecule has 2 fully saturated rings. The van der Waals surface area contributed by atoms with Crippen LogP contribution in [0.2, 0.25) is 0 Å². The highest BCUT2D eigenvalue weighted by Crippen LogP contribution is 2.26. The van der Waals surface area contributed by atoms with Gasteiger partial charge in [-0.1, -0.05) is 24.3 Å². The van der Waals surface area contributed by atoms with E-state index in [-0.39, 0.29) is 11.8 Å². The summed E-state index contributed by atoms with van der Waals surface area (Å²) in [5, 5.41) is 2.94. The van der Waals surface area contributed by atoms with Gasteiger partial charge in [-0.25, -0.2) is 9.97 Å². The summed E-state index contributed by atoms with van der Waals surface area (Å²) in [7, 11) is 0. The Hall–Kier alpha value is -3.48. The van der Waals surface area contributed by atoms with E-state index >= 15 is 0 Å². The van der Waals surface area contributed by atoms with E-state index in [0.717, 1.165) is 57.4 Å². The summed E-state index contributed by atoms with van der Waals surface area (Å²) in [5.41, 5.74) is 2.76. The number of benzene rings is 2. The summed E-state index contributed by atoms with van der Waals surface area (Å²) in [5.74, 6) is 0.219. The maximum Gasteiger partial charge on any atom is 0.278 e. The van der Waals surface area contributed by atoms with Gasteiger partial charge in [0, 0.05) is 26.2 Å². The molecule has 0 spiro atoms. The number of carbonyl (C=O) groups is 2. The summed E-state index contributed by atoms with van der Waals surface area (Å²) >= 11 is 0. The molecular formula is C24H25N5O2. The van der Waals surface area contributed by atoms with E-state index in [0.29, 0.717) is 28.3 Å². The molecule has 7 heteroatoms. The molecule has 31 heavy (non-hydrogen) atoms. The van der Waals surface area contributed by atoms with E-state index in [2.05, 4.69) is 15.2 Å². The Balaban J connectivity index is 1.50. The van der Waals surface area contributed by atoms with Crippen LogP contribution in [0, 0.1) is 0 Å². The second-order valence-electron chi connectivity index (χ2n) is 8.08. The number of carbonyl (C=O) groups excluding carboxylic acids is 2. The van der Waals surface area contributed by atoms with Crippen molar-refractivity contribution in [2.45, 2.75) is 25.7 Å². The minimum Gasteiger partial charge on any atom is -0.355 e. The van der Waals surface area contributed by atoms with Gasteiger partial charge in [0.05, 0.1) is 22.3 Å². The number of nitrogens with zero attached hydrogens (tertiary/aromatic N) is 4. The lowest BCUT2D eigenvalue weighted by atomic mass is 10.1. The molecule has 0 atom stereocenters. The van der Waals surface area contributed by atoms with Crippen molar-refractivity contribution in [3.8, 4) is 0 Å². The normalized spacial score (nSPS) is 16.1. The molecule has 2 aliphatic rings. The Morgan fingerprint density at radius 2 is 1.39 bits per heavy atom. The van der Waals surface area contributed by atoms with Gasteiger partial charge in [0.25, 0.3) is 11.8 Å². The first-order chi connectivity index (χ1) is 15.2. The first-order valence-corrected chi connectivity index (χ1v) is 10.9. The van der Waals surface area contributed by atoms with Crippen LogP contribution in [0.1, 0.15) is 46.5 Å². The smallest absolute Gasteiger partial charge is 0.278 e. The van der Waals surface area contributed by atoms with Gasteiger partial charge in [-0.15, -0.1) is 0 Å². The van der Waals surface area contributed by atoms with E-state index in [9.17, 15) is 9.59 Å². The molecule has 3 aromatic rings. The number of nitrogens with one attached hydrogen (secondary N) is 1. The van der Waals surface area contributed by atoms with Crippen LogP contribution in [-0.4, -0.2) is 52.9 Å². The van der Waals surface area contributed by atoms with Crippen molar-refractivity contribution in [2.75, 3.05) is 36.4 Å². The van der Waals surface area contributed by atoms with Crippen LogP contribution in [0.5, 0.6) is 0 Å². The van der Waals surface area contributed by atoms with Crippen LogP contribution in [0.25, 0.3) is 11.0 Å². The molecule has 0 unspecified atom stereocenters. The van der Waals surface area contributed by atoms with Crippen LogP contribution < -0.4 is 10.2 Å². The third-order valence-corrected chi connectivity index (χ3v) is 5.97. The van der Waals surface area contributed by atoms with Crippen molar-refractivity contribution in [3.63, 3.8) is 0 Å². The summed E-state index contributed by atoms with van der Waals surface area (Å²) < 4.78 is 0. The number of amides is 2. The average molecular weight is 415 g/mol. The molecule has 0 saturated carbocycles. The van der Waals surface area contributed by atoms with Crippen molar-refractivity contribution in [1.29, 1.82) is 0 Å². The van der Waals surface area contributed by atoms with Crippen LogP contribution in [0.3, 0.4) is 0 Å². The molecule has 158 valence electrons. The Labute approximate surface area is 181 Å². The van der Waals surface area contributed by atoms with Gasteiger partial charge in [0.1, 0.15) is 0 Å². The van der Waals surface area contributed by atoms with Crippen LogP contribution in [-0.2, 0) is 0 Å². The first kappa shape index (κ1) is 19.5. The minimum atomic E-state index is -0.346. The predicted molar refractivity (Wildman–Crippen MR) is 121 cm³/mol. The van der Waals surface area contributed by atoms with Gasteiger partial charge >= 0.3 is 0 Å². The van der Waals surface area contributed by atoms with Gasteiger partial charge in [-0.05, 0) is 49.9 Å². The highest BCUT2D eigenvalue weighted by Gasteiger charge is 2.26. The summed E-state index contributed by atoms with van der Waals surface area (Å²) in [4.78, 5) is 39.7. The van der Waals surface area contributed by atoms with Crippen LogP contribution >= 0.6 is 0 Å². The molecule has 5 rings (SSSR count). The van der Waals surface area contributed by atoms with Crippen molar-refractivity contribution < 1.29 is 9.59 Å². The molecule has 0 bridgehead atoms. The summed E-state index contributed by atoms with van der Waals surface area (Å²) in [6, 6.07) is 14.8. The molecule has 0 radical (unpaired) electrons. The number of hydrogen-bond acceptors (Lipinski definition) is 5. The van der Waals surface area contributed by atoms with E-state index < -0.39 is 0 Å². The quantitative estimate of drug-likeness (QED) is 0.703. The zero-order valence-corrected chi connectivity index (χ0v) is 17.4. The molecule has 2 aromatic carbocycles. The number of fused-ring (bicyclic) bond motifs is 1. The molecule has 0 aliphatic carbocycles. The standard InChI is InChI=1S/C24H25N5O2/c30-23(27-18-10-2-1-9-17(18)24(31)29-15-7-8-16-29)21-22(28-13-5-6-14-28)26-20-12-4-3-11-19(20)25-21/h1-4,9-12H,5-8,13-16H2,(H,27,30). The lowest BCUT2D eigenvalue weighted by molar-refractivity contribution is 0.0794. The fraction of sp³-hybridized carbons (Fsp3) is 0.333. The second-order valence-corrected chi connectivity index (χ2v) is 8.08. The second kappa shape index (κ2) is 8.34. The number of anilines is 2. The highest BCUT2D eigenvalue weighted by molar-refractivity contribution is 6.10. The van der Waals surface area contributed by atoms with E-state index in [4.69, 9.17) is 4.98 Å². The van der Waals surface area contributed by atoms with Crippen LogP contribution in [0.4, 0.5) is 11.5 Å². The summed E-state index contributed by atoms with van der Waals surface area (Å²) in [6.07, 6.45) is 4.18. The topological polar surface area (TPSA) is 78.4 Å². The first-order valence-electron chi connectivity index (χ1n) is 10.9. The fourth-order valence-corrected chi connectivity index (χ4v) is 4.34. The van der Waals surface area contributed by atoms with Crippen molar-refractivity contribution >= 4 is 34.4 Å². The van der Waals surface area contributed by atoms with E-state index in [1.165, 1.54) is 0 Å². The van der Waals surface area contributed by atoms with Gasteiger partial charge in [0.2, 0.25) is 0 Å². The summed E-state index contributed by atoms with van der Waals surface area (Å²) in [6.45, 7) is 3.24. The van der Waals surface area contributed by atoms with Crippen molar-refractivity contribution in [1.82, 2.24) is 14.9 Å². The number of aromatic nitrogens is 2. The molecular weight excluding hydrogens is 390 g/mol. The molecule has 7 nitrogen and oxygen atoms in total. The minimum absolute atomic E-state index is 0.0437. The molecule has 3 heterocycles. The van der Waals surface area contributed by atoms with E-state index in [1.54, 1.807) is 12.1 Å². The number of hydrogen-bond donors (Lipinski definition) is 1. The zero-order valence-electron chi connectivity index (χ0n) is 17.4. The molecule has 2 saturated heterocycles. The molecule has 1 N–H and O–H groups in total. The molecule has 2 amide bonds. The fourth-order valence-electron chi connectivity index (χ4n) is 4.34. The molecule has 2 aliphatic heterocycles. The average Bonchev–Trinajstić information content (AvgIpc) is 3.52. The van der Waals surface area contributed by atoms with Gasteiger partial charge in [0.15, 0.2) is 11.5 Å². The monoisotopic (exact) mass is 415 g/mol.